The lowest BCUT2D eigenvalue weighted by atomic mass is 10.0. The van der Waals surface area contributed by atoms with Crippen molar-refractivity contribution in [2.45, 2.75) is 25.6 Å². The van der Waals surface area contributed by atoms with Crippen molar-refractivity contribution in [3.8, 4) is 12.3 Å². The molecule has 2 N–H and O–H groups in total. The van der Waals surface area contributed by atoms with Gasteiger partial charge in [-0.3, -0.25) is 4.79 Å². The summed E-state index contributed by atoms with van der Waals surface area (Å²) >= 11 is 5.70. The van der Waals surface area contributed by atoms with Gasteiger partial charge in [0.2, 0.25) is 0 Å². The van der Waals surface area contributed by atoms with Gasteiger partial charge in [0.05, 0.1) is 16.1 Å². The normalized spacial score (nSPS) is 11.9. The summed E-state index contributed by atoms with van der Waals surface area (Å²) in [4.78, 5) is 16.0. The van der Waals surface area contributed by atoms with Gasteiger partial charge in [0.1, 0.15) is 12.4 Å². The number of carbonyl (C=O) groups excluding carboxylic acids is 1. The highest BCUT2D eigenvalue weighted by Gasteiger charge is 2.38. The van der Waals surface area contributed by atoms with E-state index in [1.807, 2.05) is 0 Å². The van der Waals surface area contributed by atoms with Crippen LogP contribution >= 0.6 is 11.6 Å². The second kappa shape index (κ2) is 5.82. The van der Waals surface area contributed by atoms with Crippen LogP contribution < -0.4 is 10.6 Å². The fourth-order valence-electron chi connectivity index (χ4n) is 1.62. The Balaban J connectivity index is 3.47. The van der Waals surface area contributed by atoms with Crippen molar-refractivity contribution >= 4 is 23.3 Å². The molecule has 1 aromatic rings. The molecule has 0 radical (unpaired) electrons. The molecule has 0 saturated carbocycles. The van der Waals surface area contributed by atoms with Crippen molar-refractivity contribution in [1.82, 2.24) is 4.98 Å². The number of primary amides is 1. The highest BCUT2D eigenvalue weighted by Crippen LogP contribution is 2.30. The number of anilines is 1. The lowest BCUT2D eigenvalue weighted by Crippen LogP contribution is -2.49. The molecular formula is C13H13ClF3N3O. The van der Waals surface area contributed by atoms with Gasteiger partial charge in [-0.1, -0.05) is 17.5 Å². The summed E-state index contributed by atoms with van der Waals surface area (Å²) < 4.78 is 38.4. The lowest BCUT2D eigenvalue weighted by Gasteiger charge is -2.36. The summed E-state index contributed by atoms with van der Waals surface area (Å²) in [5.74, 6) is 1.04. The summed E-state index contributed by atoms with van der Waals surface area (Å²) in [6, 6.07) is 1.15. The molecule has 1 rings (SSSR count). The third-order valence-electron chi connectivity index (χ3n) is 2.72. The molecule has 21 heavy (non-hydrogen) atoms. The summed E-state index contributed by atoms with van der Waals surface area (Å²) in [7, 11) is 0. The number of pyridine rings is 1. The molecule has 0 saturated heterocycles. The Labute approximate surface area is 125 Å². The maximum atomic E-state index is 12.8. The van der Waals surface area contributed by atoms with Crippen LogP contribution in [-0.4, -0.2) is 29.2 Å². The maximum absolute atomic E-state index is 12.8. The lowest BCUT2D eigenvalue weighted by molar-refractivity contribution is -0.121. The Morgan fingerprint density at radius 1 is 1.52 bits per heavy atom. The molecule has 1 heterocycles. The predicted molar refractivity (Wildman–Crippen MR) is 74.1 cm³/mol. The topological polar surface area (TPSA) is 59.2 Å². The molecule has 0 spiro atoms. The molecule has 0 aliphatic carbocycles. The monoisotopic (exact) mass is 319 g/mol. The number of nitrogens with two attached hydrogens (primary N) is 1. The number of halogens is 4. The number of hydrogen-bond acceptors (Lipinski definition) is 3. The third-order valence-corrected chi connectivity index (χ3v) is 2.93. The molecular weight excluding hydrogens is 307 g/mol. The third kappa shape index (κ3) is 4.26. The number of rotatable bonds is 4. The molecule has 114 valence electrons. The Morgan fingerprint density at radius 3 is 2.52 bits per heavy atom. The van der Waals surface area contributed by atoms with E-state index in [1.165, 1.54) is 13.8 Å². The van der Waals surface area contributed by atoms with E-state index in [4.69, 9.17) is 23.8 Å². The van der Waals surface area contributed by atoms with Crippen LogP contribution in [0.1, 0.15) is 24.2 Å². The predicted octanol–water partition coefficient (Wildman–Crippen LogP) is 2.61. The van der Waals surface area contributed by atoms with Crippen molar-refractivity contribution in [3.63, 3.8) is 0 Å². The molecule has 4 nitrogen and oxygen atoms in total. The first-order chi connectivity index (χ1) is 9.48. The van der Waals surface area contributed by atoms with Crippen LogP contribution in [0.5, 0.6) is 0 Å². The summed E-state index contributed by atoms with van der Waals surface area (Å²) in [6.45, 7) is 1.43. The van der Waals surface area contributed by atoms with Crippen molar-refractivity contribution in [2.75, 3.05) is 11.4 Å². The van der Waals surface area contributed by atoms with Crippen molar-refractivity contribution in [1.29, 1.82) is 0 Å². The van der Waals surface area contributed by atoms with Crippen LogP contribution in [0.3, 0.4) is 0 Å². The Kier molecular flexibility index (Phi) is 4.74. The zero-order valence-corrected chi connectivity index (χ0v) is 12.1. The van der Waals surface area contributed by atoms with E-state index in [0.717, 1.165) is 17.2 Å². The van der Waals surface area contributed by atoms with Crippen LogP contribution in [0.2, 0.25) is 5.02 Å². The molecule has 0 aliphatic heterocycles. The smallest absolute Gasteiger partial charge is 0.365 e. The minimum atomic E-state index is -4.54. The number of terminal acetylenes is 1. The van der Waals surface area contributed by atoms with E-state index in [2.05, 4.69) is 10.9 Å². The highest BCUT2D eigenvalue weighted by molar-refractivity contribution is 6.31. The van der Waals surface area contributed by atoms with Gasteiger partial charge in [-0.2, -0.15) is 13.2 Å². The zero-order chi connectivity index (χ0) is 16.4. The van der Waals surface area contributed by atoms with Gasteiger partial charge in [0.25, 0.3) is 5.91 Å². The first kappa shape index (κ1) is 17.1. The van der Waals surface area contributed by atoms with E-state index in [-0.39, 0.29) is 16.4 Å². The van der Waals surface area contributed by atoms with Crippen LogP contribution in [0.25, 0.3) is 0 Å². The maximum Gasteiger partial charge on any atom is 0.406 e. The van der Waals surface area contributed by atoms with Gasteiger partial charge >= 0.3 is 6.18 Å². The molecule has 0 atom stereocenters. The largest absolute Gasteiger partial charge is 0.406 e. The van der Waals surface area contributed by atoms with E-state index < -0.39 is 24.2 Å². The average Bonchev–Trinajstić information content (AvgIpc) is 2.35. The van der Waals surface area contributed by atoms with Gasteiger partial charge in [-0.25, -0.2) is 4.98 Å². The molecule has 0 bridgehead atoms. The average molecular weight is 320 g/mol. The molecule has 1 aromatic heterocycles. The number of carbonyl (C=O) groups is 1. The molecule has 0 unspecified atom stereocenters. The van der Waals surface area contributed by atoms with Crippen molar-refractivity contribution in [3.05, 3.63) is 22.8 Å². The van der Waals surface area contributed by atoms with Crippen LogP contribution in [0, 0.1) is 12.3 Å². The number of aromatic nitrogens is 1. The molecule has 0 fully saturated rings. The number of amides is 1. The fourth-order valence-corrected chi connectivity index (χ4v) is 1.78. The highest BCUT2D eigenvalue weighted by atomic mass is 35.5. The Bertz CT molecular complexity index is 593. The number of alkyl halides is 3. The first-order valence-electron chi connectivity index (χ1n) is 5.75. The molecule has 0 aromatic carbocycles. The van der Waals surface area contributed by atoms with Gasteiger partial charge in [0.15, 0.2) is 0 Å². The van der Waals surface area contributed by atoms with E-state index in [9.17, 15) is 18.0 Å². The number of hydrogen-bond donors (Lipinski definition) is 1. The quantitative estimate of drug-likeness (QED) is 0.868. The fraction of sp³-hybridized carbons (Fsp3) is 0.385. The minimum Gasteiger partial charge on any atom is -0.365 e. The molecule has 8 heteroatoms. The Hall–Kier alpha value is -1.94. The minimum absolute atomic E-state index is 0.0815. The van der Waals surface area contributed by atoms with Gasteiger partial charge in [0, 0.05) is 6.20 Å². The standard InChI is InChI=1S/C13H13ClF3N3O/c1-4-12(2,3)20(7-13(15,16)17)11-9(10(18)21)5-8(14)6-19-11/h1,5-6H,7H2,2-3H3,(H2,18,21). The SMILES string of the molecule is C#CC(C)(C)N(CC(F)(F)F)c1ncc(Cl)cc1C(N)=O. The van der Waals surface area contributed by atoms with Gasteiger partial charge < -0.3 is 10.6 Å². The van der Waals surface area contributed by atoms with Gasteiger partial charge in [-0.15, -0.1) is 6.42 Å². The van der Waals surface area contributed by atoms with Gasteiger partial charge in [-0.05, 0) is 19.9 Å². The summed E-state index contributed by atoms with van der Waals surface area (Å²) in [5, 5.41) is 0.0815. The Morgan fingerprint density at radius 2 is 2.10 bits per heavy atom. The summed E-state index contributed by atoms with van der Waals surface area (Å²) in [6.07, 6.45) is 1.88. The first-order valence-corrected chi connectivity index (χ1v) is 6.13. The van der Waals surface area contributed by atoms with E-state index in [1.54, 1.807) is 0 Å². The number of nitrogens with zero attached hydrogens (tertiary/aromatic N) is 2. The van der Waals surface area contributed by atoms with E-state index in [0.29, 0.717) is 0 Å². The molecule has 0 aliphatic rings. The van der Waals surface area contributed by atoms with Crippen LogP contribution in [0.4, 0.5) is 19.0 Å². The van der Waals surface area contributed by atoms with Crippen molar-refractivity contribution in [2.24, 2.45) is 5.73 Å². The zero-order valence-electron chi connectivity index (χ0n) is 11.3. The van der Waals surface area contributed by atoms with Crippen LogP contribution in [-0.2, 0) is 0 Å². The second-order valence-corrected chi connectivity index (χ2v) is 5.23. The second-order valence-electron chi connectivity index (χ2n) is 4.79. The van der Waals surface area contributed by atoms with E-state index >= 15 is 0 Å². The summed E-state index contributed by atoms with van der Waals surface area (Å²) in [5.41, 5.74) is 3.61. The van der Waals surface area contributed by atoms with Crippen LogP contribution in [0.15, 0.2) is 12.3 Å². The molecule has 1 amide bonds. The van der Waals surface area contributed by atoms with Crippen molar-refractivity contribution < 1.29 is 18.0 Å².